The molecule has 2 unspecified atom stereocenters. The van der Waals surface area contributed by atoms with Gasteiger partial charge >= 0.3 is 0 Å². The van der Waals surface area contributed by atoms with Gasteiger partial charge in [-0.3, -0.25) is 19.3 Å². The van der Waals surface area contributed by atoms with Crippen LogP contribution in [0.5, 0.6) is 0 Å². The first-order valence-electron chi connectivity index (χ1n) is 10.5. The van der Waals surface area contributed by atoms with Crippen LogP contribution < -0.4 is 0 Å². The number of aryl methyl sites for hydroxylation is 1. The van der Waals surface area contributed by atoms with E-state index in [0.717, 1.165) is 30.6 Å². The lowest BCUT2D eigenvalue weighted by Gasteiger charge is -2.34. The standard InChI is InChI=1S/C20H27N3O5S2/c1-14-6-7-18(29-14)30(27,28)22-12-10-21(11-13-22)17(24)8-9-23-19(25)15-4-2-3-5-16(15)20(23)26/h6-7,15-16H,2-5,8-13H2,1H3. The van der Waals surface area contributed by atoms with Crippen LogP contribution in [0.1, 0.15) is 37.0 Å². The van der Waals surface area contributed by atoms with E-state index in [0.29, 0.717) is 17.3 Å². The molecule has 164 valence electrons. The van der Waals surface area contributed by atoms with Crippen molar-refractivity contribution >= 4 is 39.1 Å². The third-order valence-corrected chi connectivity index (χ3v) is 9.75. The Balaban J connectivity index is 1.30. The van der Waals surface area contributed by atoms with Crippen LogP contribution in [0.15, 0.2) is 16.3 Å². The molecule has 3 aliphatic rings. The first-order valence-corrected chi connectivity index (χ1v) is 12.7. The molecule has 1 saturated carbocycles. The minimum atomic E-state index is -3.53. The third kappa shape index (κ3) is 3.92. The molecule has 4 rings (SSSR count). The van der Waals surface area contributed by atoms with E-state index in [4.69, 9.17) is 0 Å². The molecule has 3 amide bonds. The number of carbonyl (C=O) groups is 3. The molecule has 1 aliphatic carbocycles. The zero-order valence-corrected chi connectivity index (χ0v) is 18.7. The second-order valence-corrected chi connectivity index (χ2v) is 11.7. The molecule has 1 aromatic rings. The highest BCUT2D eigenvalue weighted by molar-refractivity contribution is 7.91. The summed E-state index contributed by atoms with van der Waals surface area (Å²) in [6, 6.07) is 3.41. The van der Waals surface area contributed by atoms with Crippen LogP contribution in [-0.4, -0.2) is 73.0 Å². The fourth-order valence-corrected chi connectivity index (χ4v) is 7.53. The van der Waals surface area contributed by atoms with E-state index in [2.05, 4.69) is 0 Å². The van der Waals surface area contributed by atoms with Gasteiger partial charge in [0.1, 0.15) is 4.21 Å². The average Bonchev–Trinajstić information content (AvgIpc) is 3.29. The van der Waals surface area contributed by atoms with Crippen molar-refractivity contribution < 1.29 is 22.8 Å². The predicted molar refractivity (Wildman–Crippen MR) is 111 cm³/mol. The van der Waals surface area contributed by atoms with Crippen LogP contribution in [0.25, 0.3) is 0 Å². The van der Waals surface area contributed by atoms with Gasteiger partial charge in [-0.15, -0.1) is 11.3 Å². The Morgan fingerprint density at radius 1 is 1.03 bits per heavy atom. The van der Waals surface area contributed by atoms with Crippen molar-refractivity contribution in [3.63, 3.8) is 0 Å². The van der Waals surface area contributed by atoms with Crippen molar-refractivity contribution in [1.82, 2.24) is 14.1 Å². The SMILES string of the molecule is Cc1ccc(S(=O)(=O)N2CCN(C(=O)CCN3C(=O)C4CCCCC4C3=O)CC2)s1. The number of likely N-dealkylation sites (tertiary alicyclic amines) is 1. The number of rotatable bonds is 5. The number of hydrogen-bond acceptors (Lipinski definition) is 6. The second-order valence-electron chi connectivity index (χ2n) is 8.23. The van der Waals surface area contributed by atoms with E-state index in [9.17, 15) is 22.8 Å². The summed E-state index contributed by atoms with van der Waals surface area (Å²) < 4.78 is 27.2. The molecule has 3 fully saturated rings. The Bertz CT molecular complexity index is 925. The topological polar surface area (TPSA) is 95.1 Å². The van der Waals surface area contributed by atoms with Gasteiger partial charge in [-0.2, -0.15) is 4.31 Å². The maximum atomic E-state index is 12.7. The molecule has 0 radical (unpaired) electrons. The van der Waals surface area contributed by atoms with Crippen LogP contribution >= 0.6 is 11.3 Å². The zero-order valence-electron chi connectivity index (χ0n) is 17.1. The van der Waals surface area contributed by atoms with Gasteiger partial charge in [0.25, 0.3) is 10.0 Å². The fourth-order valence-electron chi connectivity index (χ4n) is 4.67. The number of imide groups is 1. The summed E-state index contributed by atoms with van der Waals surface area (Å²) in [5.74, 6) is -0.791. The Morgan fingerprint density at radius 2 is 1.63 bits per heavy atom. The lowest BCUT2D eigenvalue weighted by atomic mass is 9.81. The van der Waals surface area contributed by atoms with Crippen LogP contribution in [-0.2, 0) is 24.4 Å². The third-order valence-electron chi connectivity index (χ3n) is 6.38. The first kappa shape index (κ1) is 21.5. The van der Waals surface area contributed by atoms with Gasteiger partial charge < -0.3 is 4.90 Å². The minimum Gasteiger partial charge on any atom is -0.340 e. The monoisotopic (exact) mass is 453 g/mol. The first-order chi connectivity index (χ1) is 14.3. The van der Waals surface area contributed by atoms with E-state index < -0.39 is 10.0 Å². The summed E-state index contributed by atoms with van der Waals surface area (Å²) in [4.78, 5) is 41.5. The fraction of sp³-hybridized carbons (Fsp3) is 0.650. The number of piperazine rings is 1. The molecule has 0 bridgehead atoms. The maximum absolute atomic E-state index is 12.7. The van der Waals surface area contributed by atoms with E-state index in [1.54, 1.807) is 17.0 Å². The lowest BCUT2D eigenvalue weighted by Crippen LogP contribution is -2.50. The van der Waals surface area contributed by atoms with Crippen molar-refractivity contribution in [2.75, 3.05) is 32.7 Å². The van der Waals surface area contributed by atoms with Gasteiger partial charge in [0.2, 0.25) is 17.7 Å². The van der Waals surface area contributed by atoms with E-state index >= 15 is 0 Å². The van der Waals surface area contributed by atoms with Gasteiger partial charge in [-0.25, -0.2) is 8.42 Å². The summed E-state index contributed by atoms with van der Waals surface area (Å²) in [6.45, 7) is 3.11. The van der Waals surface area contributed by atoms with Crippen molar-refractivity contribution in [3.05, 3.63) is 17.0 Å². The molecule has 8 nitrogen and oxygen atoms in total. The number of hydrogen-bond donors (Lipinski definition) is 0. The Kier molecular flexibility index (Phi) is 6.00. The van der Waals surface area contributed by atoms with E-state index in [1.807, 2.05) is 6.92 Å². The summed E-state index contributed by atoms with van der Waals surface area (Å²) in [5, 5.41) is 0. The maximum Gasteiger partial charge on any atom is 0.252 e. The molecule has 10 heteroatoms. The predicted octanol–water partition coefficient (Wildman–Crippen LogP) is 1.45. The molecule has 0 N–H and O–H groups in total. The number of nitrogens with zero attached hydrogens (tertiary/aromatic N) is 3. The van der Waals surface area contributed by atoms with Crippen LogP contribution in [0.2, 0.25) is 0 Å². The highest BCUT2D eigenvalue weighted by atomic mass is 32.2. The highest BCUT2D eigenvalue weighted by Gasteiger charge is 2.48. The summed E-state index contributed by atoms with van der Waals surface area (Å²) in [7, 11) is -3.53. The number of thiophene rings is 1. The van der Waals surface area contributed by atoms with Crippen molar-refractivity contribution in [1.29, 1.82) is 0 Å². The van der Waals surface area contributed by atoms with Crippen LogP contribution in [0.4, 0.5) is 0 Å². The second kappa shape index (κ2) is 8.39. The van der Waals surface area contributed by atoms with Crippen molar-refractivity contribution in [2.45, 2.75) is 43.2 Å². The molecular formula is C20H27N3O5S2. The van der Waals surface area contributed by atoms with Crippen molar-refractivity contribution in [3.8, 4) is 0 Å². The number of sulfonamides is 1. The molecule has 2 saturated heterocycles. The molecule has 2 atom stereocenters. The number of carbonyl (C=O) groups excluding carboxylic acids is 3. The number of fused-ring (bicyclic) bond motifs is 1. The summed E-state index contributed by atoms with van der Waals surface area (Å²) in [6.07, 6.45) is 3.57. The highest BCUT2D eigenvalue weighted by Crippen LogP contribution is 2.38. The van der Waals surface area contributed by atoms with Crippen molar-refractivity contribution in [2.24, 2.45) is 11.8 Å². The summed E-state index contributed by atoms with van der Waals surface area (Å²) in [5.41, 5.74) is 0. The van der Waals surface area contributed by atoms with E-state index in [-0.39, 0.29) is 55.6 Å². The van der Waals surface area contributed by atoms with Gasteiger partial charge in [0, 0.05) is 44.0 Å². The molecule has 30 heavy (non-hydrogen) atoms. The van der Waals surface area contributed by atoms with Crippen LogP contribution in [0.3, 0.4) is 0 Å². The largest absolute Gasteiger partial charge is 0.340 e. The smallest absolute Gasteiger partial charge is 0.252 e. The molecular weight excluding hydrogens is 426 g/mol. The Morgan fingerprint density at radius 3 is 2.17 bits per heavy atom. The van der Waals surface area contributed by atoms with E-state index in [1.165, 1.54) is 20.5 Å². The van der Waals surface area contributed by atoms with Gasteiger partial charge in [-0.1, -0.05) is 12.8 Å². The molecule has 2 aliphatic heterocycles. The van der Waals surface area contributed by atoms with Gasteiger partial charge in [0.15, 0.2) is 0 Å². The van der Waals surface area contributed by atoms with Crippen LogP contribution in [0, 0.1) is 18.8 Å². The molecule has 3 heterocycles. The molecule has 0 spiro atoms. The minimum absolute atomic E-state index is 0.0911. The Hall–Kier alpha value is -1.78. The molecule has 1 aromatic heterocycles. The normalized spacial score (nSPS) is 25.6. The summed E-state index contributed by atoms with van der Waals surface area (Å²) >= 11 is 1.25. The zero-order chi connectivity index (χ0) is 21.5. The molecule has 0 aromatic carbocycles. The quantitative estimate of drug-likeness (QED) is 0.629. The average molecular weight is 454 g/mol. The van der Waals surface area contributed by atoms with Gasteiger partial charge in [-0.05, 0) is 31.9 Å². The van der Waals surface area contributed by atoms with Gasteiger partial charge in [0.05, 0.1) is 11.8 Å². The Labute approximate surface area is 180 Å². The number of amides is 3. The lowest BCUT2D eigenvalue weighted by molar-refractivity contribution is -0.141.